The molecule has 0 aliphatic carbocycles. The monoisotopic (exact) mass is 241 g/mol. The first kappa shape index (κ1) is 12.3. The molecule has 1 aromatic rings. The molecule has 2 nitrogen and oxygen atoms in total. The summed E-state index contributed by atoms with van der Waals surface area (Å²) < 4.78 is 31.0. The summed E-state index contributed by atoms with van der Waals surface area (Å²) in [4.78, 5) is 0. The van der Waals surface area contributed by atoms with Crippen molar-refractivity contribution in [2.45, 2.75) is 31.7 Å². The van der Waals surface area contributed by atoms with E-state index in [1.165, 1.54) is 25.3 Å². The van der Waals surface area contributed by atoms with E-state index < -0.39 is 11.6 Å². The number of hydrogen-bond acceptors (Lipinski definition) is 2. The molecule has 0 radical (unpaired) electrons. The van der Waals surface area contributed by atoms with Gasteiger partial charge in [-0.25, -0.2) is 8.78 Å². The van der Waals surface area contributed by atoms with Gasteiger partial charge in [0.05, 0.1) is 6.61 Å². The van der Waals surface area contributed by atoms with Crippen molar-refractivity contribution in [2.75, 3.05) is 13.2 Å². The molecule has 2 rings (SSSR count). The highest BCUT2D eigenvalue weighted by Crippen LogP contribution is 2.16. The van der Waals surface area contributed by atoms with Crippen molar-refractivity contribution in [3.63, 3.8) is 0 Å². The maximum Gasteiger partial charge on any atom is 0.162 e. The normalized spacial score (nSPS) is 20.2. The molecule has 1 atom stereocenters. The second-order valence-electron chi connectivity index (χ2n) is 4.36. The highest BCUT2D eigenvalue weighted by Gasteiger charge is 2.12. The fourth-order valence-electron chi connectivity index (χ4n) is 2.06. The minimum absolute atomic E-state index is 0.389. The lowest BCUT2D eigenvalue weighted by Crippen LogP contribution is -2.35. The lowest BCUT2D eigenvalue weighted by Gasteiger charge is -2.23. The predicted octanol–water partition coefficient (Wildman–Crippen LogP) is 2.88. The van der Waals surface area contributed by atoms with Crippen LogP contribution in [-0.2, 0) is 0 Å². The van der Waals surface area contributed by atoms with Gasteiger partial charge in [0, 0.05) is 12.1 Å². The number of rotatable bonds is 4. The Kier molecular flexibility index (Phi) is 4.31. The standard InChI is InChI=1S/C13H17F2NO/c14-12-5-4-11(9-13(12)15)17-8-6-10-3-1-2-7-16-10/h4-5,9-10,16H,1-3,6-8H2/t10-/m1/s1. The lowest BCUT2D eigenvalue weighted by molar-refractivity contribution is 0.267. The molecule has 1 heterocycles. The van der Waals surface area contributed by atoms with E-state index >= 15 is 0 Å². The lowest BCUT2D eigenvalue weighted by atomic mass is 10.0. The summed E-state index contributed by atoms with van der Waals surface area (Å²) in [5, 5.41) is 3.41. The molecule has 0 unspecified atom stereocenters. The first-order valence-corrected chi connectivity index (χ1v) is 6.07. The van der Waals surface area contributed by atoms with Crippen LogP contribution in [0.5, 0.6) is 5.75 Å². The third kappa shape index (κ3) is 3.66. The molecule has 17 heavy (non-hydrogen) atoms. The number of piperidine rings is 1. The average molecular weight is 241 g/mol. The molecule has 0 saturated carbocycles. The minimum atomic E-state index is -0.863. The van der Waals surface area contributed by atoms with Gasteiger partial charge in [0.25, 0.3) is 0 Å². The van der Waals surface area contributed by atoms with Crippen molar-refractivity contribution in [1.82, 2.24) is 5.32 Å². The summed E-state index contributed by atoms with van der Waals surface area (Å²) in [6.45, 7) is 1.60. The van der Waals surface area contributed by atoms with Crippen molar-refractivity contribution in [1.29, 1.82) is 0 Å². The van der Waals surface area contributed by atoms with E-state index in [9.17, 15) is 8.78 Å². The molecule has 1 aromatic carbocycles. The molecular formula is C13H17F2NO. The summed E-state index contributed by atoms with van der Waals surface area (Å²) >= 11 is 0. The number of benzene rings is 1. The van der Waals surface area contributed by atoms with E-state index in [1.807, 2.05) is 0 Å². The van der Waals surface area contributed by atoms with Gasteiger partial charge in [-0.2, -0.15) is 0 Å². The zero-order valence-electron chi connectivity index (χ0n) is 9.72. The Bertz CT molecular complexity index is 364. The quantitative estimate of drug-likeness (QED) is 0.875. The van der Waals surface area contributed by atoms with Gasteiger partial charge in [0.2, 0.25) is 0 Å². The van der Waals surface area contributed by atoms with Crippen LogP contribution in [0.25, 0.3) is 0 Å². The fourth-order valence-corrected chi connectivity index (χ4v) is 2.06. The van der Waals surface area contributed by atoms with E-state index in [1.54, 1.807) is 0 Å². The smallest absolute Gasteiger partial charge is 0.162 e. The number of halogens is 2. The van der Waals surface area contributed by atoms with Crippen molar-refractivity contribution in [3.05, 3.63) is 29.8 Å². The molecule has 1 aliphatic rings. The first-order chi connectivity index (χ1) is 8.25. The average Bonchev–Trinajstić information content (AvgIpc) is 2.35. The zero-order valence-corrected chi connectivity index (χ0v) is 9.72. The highest BCUT2D eigenvalue weighted by molar-refractivity contribution is 5.23. The maximum atomic E-state index is 12.9. The van der Waals surface area contributed by atoms with Crippen molar-refractivity contribution in [2.24, 2.45) is 0 Å². The fraction of sp³-hybridized carbons (Fsp3) is 0.538. The van der Waals surface area contributed by atoms with Crippen LogP contribution < -0.4 is 10.1 Å². The third-order valence-electron chi connectivity index (χ3n) is 3.04. The first-order valence-electron chi connectivity index (χ1n) is 6.07. The second-order valence-corrected chi connectivity index (χ2v) is 4.36. The Morgan fingerprint density at radius 3 is 2.82 bits per heavy atom. The molecule has 1 aliphatic heterocycles. The number of hydrogen-bond donors (Lipinski definition) is 1. The van der Waals surface area contributed by atoms with E-state index in [-0.39, 0.29) is 0 Å². The molecule has 1 fully saturated rings. The molecule has 4 heteroatoms. The number of nitrogens with one attached hydrogen (secondary N) is 1. The summed E-state index contributed by atoms with van der Waals surface area (Å²) in [6.07, 6.45) is 4.56. The van der Waals surface area contributed by atoms with Crippen LogP contribution >= 0.6 is 0 Å². The van der Waals surface area contributed by atoms with Gasteiger partial charge in [0.1, 0.15) is 5.75 Å². The maximum absolute atomic E-state index is 12.9. The van der Waals surface area contributed by atoms with Crippen LogP contribution in [0, 0.1) is 11.6 Å². The van der Waals surface area contributed by atoms with Gasteiger partial charge in [-0.15, -0.1) is 0 Å². The Balaban J connectivity index is 1.75. The van der Waals surface area contributed by atoms with Gasteiger partial charge < -0.3 is 10.1 Å². The van der Waals surface area contributed by atoms with Gasteiger partial charge in [-0.05, 0) is 37.9 Å². The summed E-state index contributed by atoms with van der Waals surface area (Å²) in [7, 11) is 0. The van der Waals surface area contributed by atoms with Crippen molar-refractivity contribution in [3.8, 4) is 5.75 Å². The molecule has 0 bridgehead atoms. The van der Waals surface area contributed by atoms with Crippen LogP contribution in [0.4, 0.5) is 8.78 Å². The summed E-state index contributed by atoms with van der Waals surface area (Å²) in [5.41, 5.74) is 0. The summed E-state index contributed by atoms with van der Waals surface area (Å²) in [5.74, 6) is -1.32. The van der Waals surface area contributed by atoms with E-state index in [4.69, 9.17) is 4.74 Å². The Morgan fingerprint density at radius 1 is 1.24 bits per heavy atom. The van der Waals surface area contributed by atoms with Gasteiger partial charge in [-0.1, -0.05) is 6.42 Å². The van der Waals surface area contributed by atoms with Crippen LogP contribution in [0.2, 0.25) is 0 Å². The van der Waals surface area contributed by atoms with Gasteiger partial charge >= 0.3 is 0 Å². The zero-order chi connectivity index (χ0) is 12.1. The van der Waals surface area contributed by atoms with Gasteiger partial charge in [-0.3, -0.25) is 0 Å². The predicted molar refractivity (Wildman–Crippen MR) is 62.1 cm³/mol. The van der Waals surface area contributed by atoms with E-state index in [0.717, 1.165) is 25.1 Å². The highest BCUT2D eigenvalue weighted by atomic mass is 19.2. The molecule has 0 amide bonds. The van der Waals surface area contributed by atoms with Crippen LogP contribution in [0.1, 0.15) is 25.7 Å². The topological polar surface area (TPSA) is 21.3 Å². The van der Waals surface area contributed by atoms with Crippen LogP contribution in [-0.4, -0.2) is 19.2 Å². The molecule has 1 N–H and O–H groups in total. The van der Waals surface area contributed by atoms with Crippen LogP contribution in [0.15, 0.2) is 18.2 Å². The molecule has 0 spiro atoms. The van der Waals surface area contributed by atoms with E-state index in [0.29, 0.717) is 18.4 Å². The Hall–Kier alpha value is -1.16. The molecular weight excluding hydrogens is 224 g/mol. The molecule has 94 valence electrons. The van der Waals surface area contributed by atoms with Crippen LogP contribution in [0.3, 0.4) is 0 Å². The SMILES string of the molecule is Fc1ccc(OCC[C@H]2CCCCN2)cc1F. The number of ether oxygens (including phenoxy) is 1. The van der Waals surface area contributed by atoms with Gasteiger partial charge in [0.15, 0.2) is 11.6 Å². The Labute approximate surface area is 100.0 Å². The summed E-state index contributed by atoms with van der Waals surface area (Å²) in [6, 6.07) is 4.12. The minimum Gasteiger partial charge on any atom is -0.493 e. The van der Waals surface area contributed by atoms with E-state index in [2.05, 4.69) is 5.32 Å². The molecule has 0 aromatic heterocycles. The third-order valence-corrected chi connectivity index (χ3v) is 3.04. The largest absolute Gasteiger partial charge is 0.493 e. The Morgan fingerprint density at radius 2 is 2.12 bits per heavy atom. The van der Waals surface area contributed by atoms with Crippen molar-refractivity contribution >= 4 is 0 Å². The van der Waals surface area contributed by atoms with Crippen molar-refractivity contribution < 1.29 is 13.5 Å². The second kappa shape index (κ2) is 5.96. The molecule has 1 saturated heterocycles.